The number of nitrogens with two attached hydrogens (primary N) is 1. The van der Waals surface area contributed by atoms with E-state index in [1.807, 2.05) is 0 Å². The number of aryl methyl sites for hydroxylation is 1. The van der Waals surface area contributed by atoms with Crippen molar-refractivity contribution in [2.75, 3.05) is 17.1 Å². The fraction of sp³-hybridized carbons (Fsp3) is 0.182. The SMILES string of the molecule is Cc1[nH]ncc1S(=O)(=O)N(C)c1cc(Cl)ccc1N. The largest absolute Gasteiger partial charge is 0.397 e. The van der Waals surface area contributed by atoms with Gasteiger partial charge in [0.15, 0.2) is 0 Å². The molecule has 0 unspecified atom stereocenters. The number of nitrogens with one attached hydrogen (secondary N) is 1. The van der Waals surface area contributed by atoms with Crippen molar-refractivity contribution in [1.82, 2.24) is 10.2 Å². The second kappa shape index (κ2) is 4.75. The van der Waals surface area contributed by atoms with Gasteiger partial charge < -0.3 is 5.73 Å². The maximum absolute atomic E-state index is 12.4. The molecule has 0 spiro atoms. The first-order chi connectivity index (χ1) is 8.84. The fourth-order valence-corrected chi connectivity index (χ4v) is 3.16. The molecule has 2 aromatic rings. The number of hydrogen-bond donors (Lipinski definition) is 2. The van der Waals surface area contributed by atoms with E-state index in [1.165, 1.54) is 19.3 Å². The Labute approximate surface area is 116 Å². The van der Waals surface area contributed by atoms with Crippen LogP contribution in [0.3, 0.4) is 0 Å². The Morgan fingerprint density at radius 3 is 2.68 bits per heavy atom. The standard InChI is InChI=1S/C11H13ClN4O2S/c1-7-11(6-14-15-7)19(17,18)16(2)10-5-8(12)3-4-9(10)13/h3-6H,13H2,1-2H3,(H,14,15). The molecule has 0 aliphatic rings. The van der Waals surface area contributed by atoms with Gasteiger partial charge in [-0.1, -0.05) is 11.6 Å². The Bertz CT molecular complexity index is 711. The molecule has 102 valence electrons. The number of anilines is 2. The van der Waals surface area contributed by atoms with E-state index < -0.39 is 10.0 Å². The van der Waals surface area contributed by atoms with Gasteiger partial charge in [0, 0.05) is 12.1 Å². The number of nitrogen functional groups attached to an aromatic ring is 1. The number of rotatable bonds is 3. The molecule has 0 atom stereocenters. The predicted octanol–water partition coefficient (Wildman–Crippen LogP) is 1.78. The highest BCUT2D eigenvalue weighted by Gasteiger charge is 2.26. The first-order valence-electron chi connectivity index (χ1n) is 5.38. The van der Waals surface area contributed by atoms with Crippen molar-refractivity contribution in [3.05, 3.63) is 35.1 Å². The Morgan fingerprint density at radius 2 is 2.11 bits per heavy atom. The van der Waals surface area contributed by atoms with Crippen LogP contribution in [0.4, 0.5) is 11.4 Å². The van der Waals surface area contributed by atoms with Gasteiger partial charge in [0.1, 0.15) is 4.90 Å². The van der Waals surface area contributed by atoms with Crippen molar-refractivity contribution < 1.29 is 8.42 Å². The van der Waals surface area contributed by atoms with Crippen molar-refractivity contribution in [3.63, 3.8) is 0 Å². The summed E-state index contributed by atoms with van der Waals surface area (Å²) in [4.78, 5) is 0.106. The predicted molar refractivity (Wildman–Crippen MR) is 74.8 cm³/mol. The van der Waals surface area contributed by atoms with Crippen LogP contribution in [0.15, 0.2) is 29.3 Å². The second-order valence-corrected chi connectivity index (χ2v) is 6.41. The van der Waals surface area contributed by atoms with E-state index in [0.29, 0.717) is 22.1 Å². The Morgan fingerprint density at radius 1 is 1.42 bits per heavy atom. The number of aromatic nitrogens is 2. The highest BCUT2D eigenvalue weighted by atomic mass is 35.5. The van der Waals surface area contributed by atoms with Gasteiger partial charge in [0.05, 0.1) is 23.3 Å². The lowest BCUT2D eigenvalue weighted by Crippen LogP contribution is -2.27. The van der Waals surface area contributed by atoms with Crippen LogP contribution < -0.4 is 10.0 Å². The average molecular weight is 301 g/mol. The molecule has 0 radical (unpaired) electrons. The summed E-state index contributed by atoms with van der Waals surface area (Å²) in [5.41, 5.74) is 6.91. The summed E-state index contributed by atoms with van der Waals surface area (Å²) >= 11 is 5.87. The third-order valence-corrected chi connectivity index (χ3v) is 4.87. The summed E-state index contributed by atoms with van der Waals surface area (Å²) in [6, 6.07) is 4.67. The second-order valence-electron chi connectivity index (χ2n) is 4.03. The molecule has 0 saturated carbocycles. The molecule has 1 aromatic carbocycles. The third kappa shape index (κ3) is 2.39. The quantitative estimate of drug-likeness (QED) is 0.845. The molecule has 0 aliphatic carbocycles. The molecule has 0 saturated heterocycles. The Hall–Kier alpha value is -1.73. The first-order valence-corrected chi connectivity index (χ1v) is 7.20. The number of sulfonamides is 1. The van der Waals surface area contributed by atoms with E-state index in [0.717, 1.165) is 4.31 Å². The highest BCUT2D eigenvalue weighted by Crippen LogP contribution is 2.30. The lowest BCUT2D eigenvalue weighted by Gasteiger charge is -2.20. The van der Waals surface area contributed by atoms with Gasteiger partial charge in [-0.05, 0) is 25.1 Å². The zero-order valence-corrected chi connectivity index (χ0v) is 12.0. The van der Waals surface area contributed by atoms with Gasteiger partial charge in [-0.25, -0.2) is 8.42 Å². The maximum Gasteiger partial charge on any atom is 0.267 e. The zero-order valence-electron chi connectivity index (χ0n) is 10.4. The zero-order chi connectivity index (χ0) is 14.2. The normalized spacial score (nSPS) is 11.5. The van der Waals surface area contributed by atoms with Crippen molar-refractivity contribution in [2.24, 2.45) is 0 Å². The highest BCUT2D eigenvalue weighted by molar-refractivity contribution is 7.92. The molecule has 1 aromatic heterocycles. The summed E-state index contributed by atoms with van der Waals surface area (Å²) in [5, 5.41) is 6.72. The maximum atomic E-state index is 12.4. The van der Waals surface area contributed by atoms with Crippen LogP contribution in [0.1, 0.15) is 5.69 Å². The topological polar surface area (TPSA) is 92.1 Å². The van der Waals surface area contributed by atoms with Gasteiger partial charge in [-0.15, -0.1) is 0 Å². The van der Waals surface area contributed by atoms with Crippen LogP contribution in [0.25, 0.3) is 0 Å². The van der Waals surface area contributed by atoms with Crippen LogP contribution >= 0.6 is 11.6 Å². The van der Waals surface area contributed by atoms with Crippen LogP contribution in [-0.2, 0) is 10.0 Å². The molecule has 19 heavy (non-hydrogen) atoms. The summed E-state index contributed by atoms with van der Waals surface area (Å²) in [7, 11) is -2.30. The third-order valence-electron chi connectivity index (χ3n) is 2.75. The molecule has 0 aliphatic heterocycles. The smallest absolute Gasteiger partial charge is 0.267 e. The van der Waals surface area contributed by atoms with Gasteiger partial charge in [-0.3, -0.25) is 9.40 Å². The summed E-state index contributed by atoms with van der Waals surface area (Å²) < 4.78 is 26.0. The molecule has 8 heteroatoms. The number of benzene rings is 1. The van der Waals surface area contributed by atoms with E-state index in [9.17, 15) is 8.42 Å². The van der Waals surface area contributed by atoms with Crippen molar-refractivity contribution in [1.29, 1.82) is 0 Å². The fourth-order valence-electron chi connectivity index (χ4n) is 1.67. The summed E-state index contributed by atoms with van der Waals surface area (Å²) in [6.45, 7) is 1.63. The van der Waals surface area contributed by atoms with E-state index in [2.05, 4.69) is 10.2 Å². The summed E-state index contributed by atoms with van der Waals surface area (Å²) in [6.07, 6.45) is 1.27. The molecule has 1 heterocycles. The van der Waals surface area contributed by atoms with Gasteiger partial charge in [0.2, 0.25) is 0 Å². The van der Waals surface area contributed by atoms with Crippen molar-refractivity contribution in [3.8, 4) is 0 Å². The van der Waals surface area contributed by atoms with Crippen LogP contribution in [0, 0.1) is 6.92 Å². The molecular formula is C11H13ClN4O2S. The number of aromatic amines is 1. The van der Waals surface area contributed by atoms with Crippen molar-refractivity contribution >= 4 is 33.0 Å². The number of hydrogen-bond acceptors (Lipinski definition) is 4. The molecule has 2 rings (SSSR count). The number of nitrogens with zero attached hydrogens (tertiary/aromatic N) is 2. The molecular weight excluding hydrogens is 288 g/mol. The Balaban J connectivity index is 2.53. The molecule has 3 N–H and O–H groups in total. The van der Waals surface area contributed by atoms with Crippen LogP contribution in [-0.4, -0.2) is 25.7 Å². The monoisotopic (exact) mass is 300 g/mol. The van der Waals surface area contributed by atoms with E-state index in [4.69, 9.17) is 17.3 Å². The molecule has 0 bridgehead atoms. The van der Waals surface area contributed by atoms with Crippen LogP contribution in [0.2, 0.25) is 5.02 Å². The minimum atomic E-state index is -3.72. The van der Waals surface area contributed by atoms with Gasteiger partial charge in [0.25, 0.3) is 10.0 Å². The number of H-pyrrole nitrogens is 1. The molecule has 0 fully saturated rings. The summed E-state index contributed by atoms with van der Waals surface area (Å²) in [5.74, 6) is 0. The molecule has 6 nitrogen and oxygen atoms in total. The minimum Gasteiger partial charge on any atom is -0.397 e. The Kier molecular flexibility index (Phi) is 3.42. The average Bonchev–Trinajstić information content (AvgIpc) is 2.78. The minimum absolute atomic E-state index is 0.106. The van der Waals surface area contributed by atoms with E-state index >= 15 is 0 Å². The van der Waals surface area contributed by atoms with Crippen molar-refractivity contribution in [2.45, 2.75) is 11.8 Å². The molecule has 0 amide bonds. The lowest BCUT2D eigenvalue weighted by atomic mass is 10.3. The van der Waals surface area contributed by atoms with E-state index in [1.54, 1.807) is 19.1 Å². The van der Waals surface area contributed by atoms with E-state index in [-0.39, 0.29) is 4.90 Å². The first kappa shape index (κ1) is 13.7. The van der Waals surface area contributed by atoms with Crippen LogP contribution in [0.5, 0.6) is 0 Å². The van der Waals surface area contributed by atoms with Gasteiger partial charge in [-0.2, -0.15) is 5.10 Å². The number of halogens is 1. The van der Waals surface area contributed by atoms with Gasteiger partial charge >= 0.3 is 0 Å². The lowest BCUT2D eigenvalue weighted by molar-refractivity contribution is 0.594.